The topological polar surface area (TPSA) is 21.7 Å². The molecule has 0 fully saturated rings. The van der Waals surface area contributed by atoms with E-state index in [1.807, 2.05) is 5.06 Å². The molecular formula is C8H18INO2S. The summed E-state index contributed by atoms with van der Waals surface area (Å²) in [4.78, 5) is 5.16. The Morgan fingerprint density at radius 1 is 1.46 bits per heavy atom. The first kappa shape index (κ1) is 14.0. The Morgan fingerprint density at radius 2 is 2.15 bits per heavy atom. The number of thiol groups is 1. The maximum Gasteiger partial charge on any atom is 0.0774 e. The molecule has 0 aromatic heterocycles. The fourth-order valence-corrected chi connectivity index (χ4v) is 1.40. The standard InChI is InChI=1S/C8H18INO2S/c1-3-8(13)10(11-2)5-7-12-6-4-9/h8,13H,3-7H2,1-2H3. The van der Waals surface area contributed by atoms with Gasteiger partial charge in [-0.15, -0.1) is 0 Å². The van der Waals surface area contributed by atoms with Gasteiger partial charge in [-0.1, -0.05) is 29.5 Å². The Balaban J connectivity index is 3.47. The molecule has 0 amide bonds. The molecule has 3 nitrogen and oxygen atoms in total. The summed E-state index contributed by atoms with van der Waals surface area (Å²) in [5.74, 6) is 0. The summed E-state index contributed by atoms with van der Waals surface area (Å²) < 4.78 is 6.38. The molecule has 0 saturated heterocycles. The van der Waals surface area contributed by atoms with Gasteiger partial charge in [-0.05, 0) is 6.42 Å². The highest BCUT2D eigenvalue weighted by Gasteiger charge is 2.11. The molecule has 0 aliphatic heterocycles. The highest BCUT2D eigenvalue weighted by molar-refractivity contribution is 14.1. The normalized spacial score (nSPS) is 13.6. The van der Waals surface area contributed by atoms with Crippen LogP contribution in [0.25, 0.3) is 0 Å². The van der Waals surface area contributed by atoms with Crippen molar-refractivity contribution in [3.8, 4) is 0 Å². The van der Waals surface area contributed by atoms with Crippen LogP contribution < -0.4 is 0 Å². The average Bonchev–Trinajstić information content (AvgIpc) is 2.17. The van der Waals surface area contributed by atoms with Gasteiger partial charge in [0.05, 0.1) is 25.7 Å². The highest BCUT2D eigenvalue weighted by atomic mass is 127. The molecule has 13 heavy (non-hydrogen) atoms. The van der Waals surface area contributed by atoms with E-state index in [9.17, 15) is 0 Å². The number of nitrogens with zero attached hydrogens (tertiary/aromatic N) is 1. The predicted molar refractivity (Wildman–Crippen MR) is 66.5 cm³/mol. The number of rotatable bonds is 8. The van der Waals surface area contributed by atoms with Crippen LogP contribution in [-0.4, -0.2) is 41.7 Å². The minimum Gasteiger partial charge on any atom is -0.379 e. The number of alkyl halides is 1. The second-order valence-electron chi connectivity index (χ2n) is 2.51. The molecule has 80 valence electrons. The third-order valence-corrected chi connectivity index (χ3v) is 2.67. The second kappa shape index (κ2) is 9.51. The van der Waals surface area contributed by atoms with Crippen molar-refractivity contribution in [2.24, 2.45) is 0 Å². The zero-order chi connectivity index (χ0) is 10.1. The zero-order valence-corrected chi connectivity index (χ0v) is 11.3. The first-order valence-electron chi connectivity index (χ1n) is 4.38. The van der Waals surface area contributed by atoms with Gasteiger partial charge in [-0.3, -0.25) is 0 Å². The second-order valence-corrected chi connectivity index (χ2v) is 4.19. The van der Waals surface area contributed by atoms with Crippen molar-refractivity contribution in [3.05, 3.63) is 0 Å². The molecule has 0 radical (unpaired) electrons. The molecule has 0 aliphatic carbocycles. The number of hydroxylamine groups is 2. The molecule has 1 atom stereocenters. The van der Waals surface area contributed by atoms with Gasteiger partial charge in [-0.2, -0.15) is 17.7 Å². The van der Waals surface area contributed by atoms with E-state index in [0.29, 0.717) is 6.61 Å². The molecule has 1 unspecified atom stereocenters. The minimum atomic E-state index is 0.160. The van der Waals surface area contributed by atoms with Crippen LogP contribution in [0.5, 0.6) is 0 Å². The monoisotopic (exact) mass is 319 g/mol. The number of ether oxygens (including phenoxy) is 1. The molecule has 0 aromatic rings. The van der Waals surface area contributed by atoms with Crippen molar-refractivity contribution in [3.63, 3.8) is 0 Å². The van der Waals surface area contributed by atoms with E-state index in [1.165, 1.54) is 0 Å². The van der Waals surface area contributed by atoms with Gasteiger partial charge >= 0.3 is 0 Å². The quantitative estimate of drug-likeness (QED) is 0.185. The molecule has 5 heteroatoms. The van der Waals surface area contributed by atoms with Crippen molar-refractivity contribution in [1.82, 2.24) is 5.06 Å². The lowest BCUT2D eigenvalue weighted by Crippen LogP contribution is -2.33. The van der Waals surface area contributed by atoms with Crippen molar-refractivity contribution in [2.45, 2.75) is 18.7 Å². The van der Waals surface area contributed by atoms with Crippen molar-refractivity contribution < 1.29 is 9.57 Å². The minimum absolute atomic E-state index is 0.160. The molecule has 0 aliphatic rings. The fraction of sp³-hybridized carbons (Fsp3) is 1.00. The van der Waals surface area contributed by atoms with Crippen LogP contribution in [0, 0.1) is 0 Å². The zero-order valence-electron chi connectivity index (χ0n) is 8.20. The largest absolute Gasteiger partial charge is 0.379 e. The summed E-state index contributed by atoms with van der Waals surface area (Å²) in [7, 11) is 1.66. The molecule has 0 saturated carbocycles. The van der Waals surface area contributed by atoms with Crippen molar-refractivity contribution in [1.29, 1.82) is 0 Å². The van der Waals surface area contributed by atoms with Crippen LogP contribution in [0.3, 0.4) is 0 Å². The van der Waals surface area contributed by atoms with E-state index < -0.39 is 0 Å². The van der Waals surface area contributed by atoms with Gasteiger partial charge in [0.15, 0.2) is 0 Å². The van der Waals surface area contributed by atoms with Gasteiger partial charge in [0, 0.05) is 11.0 Å². The van der Waals surface area contributed by atoms with E-state index in [0.717, 1.165) is 24.0 Å². The summed E-state index contributed by atoms with van der Waals surface area (Å²) in [6.45, 7) is 4.36. The Kier molecular flexibility index (Phi) is 10.2. The number of hydrogen-bond acceptors (Lipinski definition) is 4. The Morgan fingerprint density at radius 3 is 2.62 bits per heavy atom. The summed E-state index contributed by atoms with van der Waals surface area (Å²) >= 11 is 6.66. The highest BCUT2D eigenvalue weighted by Crippen LogP contribution is 2.07. The number of hydrogen-bond donors (Lipinski definition) is 1. The van der Waals surface area contributed by atoms with Crippen LogP contribution in [-0.2, 0) is 9.57 Å². The van der Waals surface area contributed by atoms with Crippen LogP contribution in [0.1, 0.15) is 13.3 Å². The Hall–Kier alpha value is 0.960. The third-order valence-electron chi connectivity index (χ3n) is 1.61. The first-order valence-corrected chi connectivity index (χ1v) is 6.43. The van der Waals surface area contributed by atoms with Gasteiger partial charge in [0.2, 0.25) is 0 Å². The maximum absolute atomic E-state index is 5.35. The molecule has 0 spiro atoms. The van der Waals surface area contributed by atoms with E-state index in [-0.39, 0.29) is 5.37 Å². The lowest BCUT2D eigenvalue weighted by molar-refractivity contribution is -0.148. The van der Waals surface area contributed by atoms with Crippen molar-refractivity contribution in [2.75, 3.05) is 31.3 Å². The number of halogens is 1. The van der Waals surface area contributed by atoms with E-state index >= 15 is 0 Å². The molecule has 0 N–H and O–H groups in total. The smallest absolute Gasteiger partial charge is 0.0774 e. The molecule has 0 aromatic carbocycles. The predicted octanol–water partition coefficient (Wildman–Crippen LogP) is 1.97. The average molecular weight is 319 g/mol. The van der Waals surface area contributed by atoms with Crippen molar-refractivity contribution >= 4 is 35.2 Å². The lowest BCUT2D eigenvalue weighted by atomic mass is 10.4. The van der Waals surface area contributed by atoms with Gasteiger partial charge < -0.3 is 9.57 Å². The maximum atomic E-state index is 5.35. The SMILES string of the molecule is CCC(S)N(CCOCCI)OC. The molecule has 0 rings (SSSR count). The van der Waals surface area contributed by atoms with Gasteiger partial charge in [-0.25, -0.2) is 0 Å². The summed E-state index contributed by atoms with van der Waals surface area (Å²) in [6, 6.07) is 0. The molecule has 0 heterocycles. The van der Waals surface area contributed by atoms with E-state index in [1.54, 1.807) is 7.11 Å². The summed E-state index contributed by atoms with van der Waals surface area (Å²) in [5, 5.41) is 1.99. The Bertz CT molecular complexity index is 118. The van der Waals surface area contributed by atoms with Crippen LogP contribution in [0.15, 0.2) is 0 Å². The third kappa shape index (κ3) is 6.96. The summed E-state index contributed by atoms with van der Waals surface area (Å²) in [5.41, 5.74) is 0. The van der Waals surface area contributed by atoms with Crippen LogP contribution in [0.2, 0.25) is 0 Å². The fourth-order valence-electron chi connectivity index (χ4n) is 0.877. The van der Waals surface area contributed by atoms with Crippen LogP contribution >= 0.6 is 35.2 Å². The van der Waals surface area contributed by atoms with Gasteiger partial charge in [0.25, 0.3) is 0 Å². The van der Waals surface area contributed by atoms with E-state index in [4.69, 9.17) is 9.57 Å². The Labute approximate surface area is 99.7 Å². The molecule has 0 bridgehead atoms. The lowest BCUT2D eigenvalue weighted by Gasteiger charge is -2.24. The summed E-state index contributed by atoms with van der Waals surface area (Å²) in [6.07, 6.45) is 0.962. The van der Waals surface area contributed by atoms with Gasteiger partial charge in [0.1, 0.15) is 0 Å². The first-order chi connectivity index (χ1) is 6.26. The van der Waals surface area contributed by atoms with E-state index in [2.05, 4.69) is 42.1 Å². The van der Waals surface area contributed by atoms with Crippen LogP contribution in [0.4, 0.5) is 0 Å². The molecular weight excluding hydrogens is 301 g/mol.